The highest BCUT2D eigenvalue weighted by molar-refractivity contribution is 6.00. The third-order valence-electron chi connectivity index (χ3n) is 1.52. The van der Waals surface area contributed by atoms with Crippen molar-refractivity contribution in [2.75, 3.05) is 0 Å². The van der Waals surface area contributed by atoms with E-state index in [0.29, 0.717) is 0 Å². The Balaban J connectivity index is 2.74. The molecule has 0 unspecified atom stereocenters. The van der Waals surface area contributed by atoms with Gasteiger partial charge in [0.2, 0.25) is 0 Å². The molecule has 0 amide bonds. The quantitative estimate of drug-likeness (QED) is 0.546. The van der Waals surface area contributed by atoms with E-state index >= 15 is 0 Å². The molecule has 0 spiro atoms. The lowest BCUT2D eigenvalue weighted by atomic mass is 10.00. The molecule has 0 aliphatic heterocycles. The van der Waals surface area contributed by atoms with Gasteiger partial charge in [0.25, 0.3) is 0 Å². The Hall–Kier alpha value is -1.38. The number of allylic oxidation sites excluding steroid dienone is 2. The average Bonchev–Trinajstić information content (AvgIpc) is 1.94. The predicted octanol–water partition coefficient (Wildman–Crippen LogP) is 1.00. The summed E-state index contributed by atoms with van der Waals surface area (Å²) in [5.74, 6) is -0.444. The van der Waals surface area contributed by atoms with Crippen LogP contribution >= 0.6 is 0 Å². The largest absolute Gasteiger partial charge is 0.451 e. The van der Waals surface area contributed by atoms with Crippen LogP contribution in [0.2, 0.25) is 0 Å². The molecule has 12 heavy (non-hydrogen) atoms. The fourth-order valence-corrected chi connectivity index (χ4v) is 0.984. The number of carbonyl (C=O) groups is 2. The van der Waals surface area contributed by atoms with Gasteiger partial charge in [0, 0.05) is 6.92 Å². The van der Waals surface area contributed by atoms with E-state index in [4.69, 9.17) is 4.74 Å². The first-order valence-electron chi connectivity index (χ1n) is 3.64. The van der Waals surface area contributed by atoms with Crippen LogP contribution in [0.1, 0.15) is 13.8 Å². The fourth-order valence-electron chi connectivity index (χ4n) is 0.984. The van der Waals surface area contributed by atoms with Crippen LogP contribution in [-0.2, 0) is 14.3 Å². The van der Waals surface area contributed by atoms with Crippen LogP contribution in [0, 0.1) is 0 Å². The van der Waals surface area contributed by atoms with E-state index in [1.165, 1.54) is 19.1 Å². The molecule has 0 fully saturated rings. The molecule has 0 aromatic heterocycles. The number of esters is 1. The maximum atomic E-state index is 10.7. The van der Waals surface area contributed by atoms with Gasteiger partial charge < -0.3 is 4.74 Å². The van der Waals surface area contributed by atoms with E-state index in [-0.39, 0.29) is 11.8 Å². The Morgan fingerprint density at radius 2 is 1.92 bits per heavy atom. The molecule has 0 aromatic rings. The Morgan fingerprint density at radius 3 is 2.33 bits per heavy atom. The summed E-state index contributed by atoms with van der Waals surface area (Å²) in [4.78, 5) is 21.3. The van der Waals surface area contributed by atoms with Crippen LogP contribution in [0.25, 0.3) is 0 Å². The zero-order valence-corrected chi connectivity index (χ0v) is 7.03. The van der Waals surface area contributed by atoms with Crippen molar-refractivity contribution in [3.63, 3.8) is 0 Å². The number of carbonyl (C=O) groups excluding carboxylic acids is 2. The van der Waals surface area contributed by atoms with Crippen LogP contribution in [0.4, 0.5) is 0 Å². The van der Waals surface area contributed by atoms with Crippen LogP contribution in [0.5, 0.6) is 0 Å². The van der Waals surface area contributed by atoms with Crippen LogP contribution in [0.15, 0.2) is 24.3 Å². The van der Waals surface area contributed by atoms with Crippen molar-refractivity contribution in [3.8, 4) is 0 Å². The summed E-state index contributed by atoms with van der Waals surface area (Å²) in [6.45, 7) is 3.05. The standard InChI is InChI=1S/C9H10O3/c1-7(10)12-9(2)5-3-8(11)4-6-9/h3-6H,1-2H3. The highest BCUT2D eigenvalue weighted by atomic mass is 16.6. The van der Waals surface area contributed by atoms with Gasteiger partial charge in [0.05, 0.1) is 0 Å². The predicted molar refractivity (Wildman–Crippen MR) is 43.5 cm³/mol. The van der Waals surface area contributed by atoms with Crippen LogP contribution in [-0.4, -0.2) is 17.4 Å². The summed E-state index contributed by atoms with van der Waals surface area (Å²) in [6, 6.07) is 0. The first-order chi connectivity index (χ1) is 5.52. The van der Waals surface area contributed by atoms with Gasteiger partial charge in [-0.3, -0.25) is 9.59 Å². The highest BCUT2D eigenvalue weighted by Crippen LogP contribution is 2.17. The van der Waals surface area contributed by atoms with Crippen molar-refractivity contribution in [2.24, 2.45) is 0 Å². The molecule has 0 bridgehead atoms. The number of ether oxygens (including phenoxy) is 1. The minimum atomic E-state index is -0.750. The molecule has 64 valence electrons. The van der Waals surface area contributed by atoms with E-state index in [9.17, 15) is 9.59 Å². The summed E-state index contributed by atoms with van der Waals surface area (Å²) in [5.41, 5.74) is -0.750. The summed E-state index contributed by atoms with van der Waals surface area (Å²) < 4.78 is 4.96. The third kappa shape index (κ3) is 2.05. The van der Waals surface area contributed by atoms with Gasteiger partial charge in [-0.1, -0.05) is 0 Å². The van der Waals surface area contributed by atoms with Gasteiger partial charge in [-0.05, 0) is 31.2 Å². The Kier molecular flexibility index (Phi) is 2.13. The zero-order chi connectivity index (χ0) is 9.19. The smallest absolute Gasteiger partial charge is 0.303 e. The SMILES string of the molecule is CC(=O)OC1(C)C=CC(=O)C=C1. The van der Waals surface area contributed by atoms with Crippen molar-refractivity contribution in [3.05, 3.63) is 24.3 Å². The van der Waals surface area contributed by atoms with E-state index in [1.54, 1.807) is 19.1 Å². The average molecular weight is 166 g/mol. The van der Waals surface area contributed by atoms with E-state index in [1.807, 2.05) is 0 Å². The molecule has 0 saturated carbocycles. The minimum Gasteiger partial charge on any atom is -0.451 e. The molecule has 0 aromatic carbocycles. The number of hydrogen-bond acceptors (Lipinski definition) is 3. The lowest BCUT2D eigenvalue weighted by Gasteiger charge is -2.23. The molecule has 1 rings (SSSR count). The molecular weight excluding hydrogens is 156 g/mol. The summed E-state index contributed by atoms with van der Waals surface area (Å²) in [5, 5.41) is 0. The molecule has 0 saturated heterocycles. The van der Waals surface area contributed by atoms with Crippen molar-refractivity contribution in [2.45, 2.75) is 19.4 Å². The van der Waals surface area contributed by atoms with E-state index < -0.39 is 5.60 Å². The number of ketones is 1. The zero-order valence-electron chi connectivity index (χ0n) is 7.03. The lowest BCUT2D eigenvalue weighted by molar-refractivity contribution is -0.148. The second-order valence-corrected chi connectivity index (χ2v) is 2.85. The summed E-state index contributed by atoms with van der Waals surface area (Å²) in [7, 11) is 0. The summed E-state index contributed by atoms with van der Waals surface area (Å²) in [6.07, 6.45) is 5.92. The van der Waals surface area contributed by atoms with Gasteiger partial charge in [-0.25, -0.2) is 0 Å². The second kappa shape index (κ2) is 2.93. The molecule has 1 aliphatic carbocycles. The molecule has 0 N–H and O–H groups in total. The summed E-state index contributed by atoms with van der Waals surface area (Å²) >= 11 is 0. The molecule has 0 atom stereocenters. The van der Waals surface area contributed by atoms with Gasteiger partial charge in [-0.15, -0.1) is 0 Å². The Labute approximate surface area is 70.7 Å². The Bertz CT molecular complexity index is 257. The van der Waals surface area contributed by atoms with Crippen molar-refractivity contribution < 1.29 is 14.3 Å². The molecule has 3 nitrogen and oxygen atoms in total. The Morgan fingerprint density at radius 1 is 1.42 bits per heavy atom. The van der Waals surface area contributed by atoms with E-state index in [0.717, 1.165) is 0 Å². The fraction of sp³-hybridized carbons (Fsp3) is 0.333. The third-order valence-corrected chi connectivity index (χ3v) is 1.52. The molecule has 0 heterocycles. The van der Waals surface area contributed by atoms with Gasteiger partial charge >= 0.3 is 5.97 Å². The van der Waals surface area contributed by atoms with Crippen LogP contribution < -0.4 is 0 Å². The van der Waals surface area contributed by atoms with Gasteiger partial charge in [0.1, 0.15) is 5.60 Å². The molecule has 1 aliphatic rings. The molecule has 0 radical (unpaired) electrons. The van der Waals surface area contributed by atoms with Crippen LogP contribution in [0.3, 0.4) is 0 Å². The lowest BCUT2D eigenvalue weighted by Crippen LogP contribution is -2.28. The topological polar surface area (TPSA) is 43.4 Å². The number of hydrogen-bond donors (Lipinski definition) is 0. The van der Waals surface area contributed by atoms with E-state index in [2.05, 4.69) is 0 Å². The molecule has 3 heteroatoms. The normalized spacial score (nSPS) is 19.3. The monoisotopic (exact) mass is 166 g/mol. The number of rotatable bonds is 1. The van der Waals surface area contributed by atoms with Crippen molar-refractivity contribution in [1.82, 2.24) is 0 Å². The minimum absolute atomic E-state index is 0.0837. The first kappa shape index (κ1) is 8.71. The second-order valence-electron chi connectivity index (χ2n) is 2.85. The highest BCUT2D eigenvalue weighted by Gasteiger charge is 2.23. The van der Waals surface area contributed by atoms with Crippen molar-refractivity contribution >= 4 is 11.8 Å². The van der Waals surface area contributed by atoms with Crippen molar-refractivity contribution in [1.29, 1.82) is 0 Å². The maximum absolute atomic E-state index is 10.7. The maximum Gasteiger partial charge on any atom is 0.303 e. The van der Waals surface area contributed by atoms with Gasteiger partial charge in [-0.2, -0.15) is 0 Å². The molecular formula is C9H10O3. The van der Waals surface area contributed by atoms with Gasteiger partial charge in [0.15, 0.2) is 5.78 Å². The first-order valence-corrected chi connectivity index (χ1v) is 3.64.